The number of carbonyl (C=O) groups excluding carboxylic acids is 1. The monoisotopic (exact) mass is 338 g/mol. The molecule has 1 atom stereocenters. The summed E-state index contributed by atoms with van der Waals surface area (Å²) in [5, 5.41) is 18.6. The van der Waals surface area contributed by atoms with Crippen LogP contribution in [0.4, 0.5) is 8.78 Å². The lowest BCUT2D eigenvalue weighted by atomic mass is 9.97. The molecule has 0 spiro atoms. The fourth-order valence-electron chi connectivity index (χ4n) is 2.19. The van der Waals surface area contributed by atoms with Crippen LogP contribution in [0.3, 0.4) is 0 Å². The summed E-state index contributed by atoms with van der Waals surface area (Å²) in [4.78, 5) is 22.4. The Bertz CT molecular complexity index is 748. The molecule has 1 heterocycles. The average molecular weight is 338 g/mol. The van der Waals surface area contributed by atoms with Gasteiger partial charge in [-0.3, -0.25) is 9.59 Å². The van der Waals surface area contributed by atoms with Crippen molar-refractivity contribution < 1.29 is 23.5 Å². The van der Waals surface area contributed by atoms with E-state index in [2.05, 4.69) is 15.6 Å². The molecule has 1 aromatic heterocycles. The lowest BCUT2D eigenvalue weighted by molar-refractivity contribution is -0.138. The van der Waals surface area contributed by atoms with Gasteiger partial charge in [-0.15, -0.1) is 5.10 Å². The molecule has 24 heavy (non-hydrogen) atoms. The molecule has 0 fully saturated rings. The average Bonchev–Trinajstić information content (AvgIpc) is 2.91. The highest BCUT2D eigenvalue weighted by molar-refractivity contribution is 5.76. The van der Waals surface area contributed by atoms with Gasteiger partial charge in [0.05, 0.1) is 12.7 Å². The Hall–Kier alpha value is -2.84. The fraction of sp³-hybridized carbons (Fsp3) is 0.333. The highest BCUT2D eigenvalue weighted by Crippen LogP contribution is 2.22. The second-order valence-electron chi connectivity index (χ2n) is 5.35. The van der Waals surface area contributed by atoms with Crippen LogP contribution >= 0.6 is 0 Å². The molecule has 7 nitrogen and oxygen atoms in total. The summed E-state index contributed by atoms with van der Waals surface area (Å²) in [5.74, 6) is -3.16. The Balaban J connectivity index is 1.86. The predicted octanol–water partition coefficient (Wildman–Crippen LogP) is 1.45. The van der Waals surface area contributed by atoms with E-state index in [1.165, 1.54) is 12.3 Å². The van der Waals surface area contributed by atoms with E-state index in [9.17, 15) is 18.4 Å². The third kappa shape index (κ3) is 4.83. The van der Waals surface area contributed by atoms with Crippen molar-refractivity contribution in [1.29, 1.82) is 0 Å². The molecule has 1 amide bonds. The summed E-state index contributed by atoms with van der Waals surface area (Å²) in [5.41, 5.74) is 0.671. The van der Waals surface area contributed by atoms with Crippen molar-refractivity contribution in [2.75, 3.05) is 0 Å². The molecule has 0 aliphatic heterocycles. The number of hydrogen-bond donors (Lipinski definition) is 2. The van der Waals surface area contributed by atoms with E-state index in [1.54, 1.807) is 6.92 Å². The third-order valence-corrected chi connectivity index (χ3v) is 3.34. The Morgan fingerprint density at radius 3 is 2.79 bits per heavy atom. The number of carboxylic acids is 1. The first-order chi connectivity index (χ1) is 11.3. The SMILES string of the molecule is CC(CC(=O)NCc1cn(CC(=O)O)nn1)c1ccc(F)cc1F. The number of carbonyl (C=O) groups is 2. The molecule has 0 radical (unpaired) electrons. The van der Waals surface area contributed by atoms with Crippen molar-refractivity contribution in [2.45, 2.75) is 32.4 Å². The number of nitrogens with one attached hydrogen (secondary N) is 1. The maximum atomic E-state index is 13.7. The number of benzene rings is 1. The molecule has 0 aliphatic rings. The van der Waals surface area contributed by atoms with Gasteiger partial charge in [0, 0.05) is 12.5 Å². The second-order valence-corrected chi connectivity index (χ2v) is 5.35. The van der Waals surface area contributed by atoms with Gasteiger partial charge in [-0.05, 0) is 17.5 Å². The molecule has 2 aromatic rings. The summed E-state index contributed by atoms with van der Waals surface area (Å²) in [6, 6.07) is 3.25. The zero-order chi connectivity index (χ0) is 17.7. The van der Waals surface area contributed by atoms with Crippen molar-refractivity contribution in [3.05, 3.63) is 47.3 Å². The first-order valence-corrected chi connectivity index (χ1v) is 7.17. The molecule has 2 rings (SSSR count). The maximum Gasteiger partial charge on any atom is 0.325 e. The van der Waals surface area contributed by atoms with Crippen molar-refractivity contribution in [2.24, 2.45) is 0 Å². The number of nitrogens with zero attached hydrogens (tertiary/aromatic N) is 3. The van der Waals surface area contributed by atoms with Crippen molar-refractivity contribution in [1.82, 2.24) is 20.3 Å². The minimum absolute atomic E-state index is 0.0197. The fourth-order valence-corrected chi connectivity index (χ4v) is 2.19. The largest absolute Gasteiger partial charge is 0.480 e. The van der Waals surface area contributed by atoms with Gasteiger partial charge in [-0.1, -0.05) is 18.2 Å². The molecule has 9 heteroatoms. The van der Waals surface area contributed by atoms with Crippen LogP contribution < -0.4 is 5.32 Å². The molecule has 0 saturated heterocycles. The molecule has 2 N–H and O–H groups in total. The van der Waals surface area contributed by atoms with Crippen molar-refractivity contribution in [3.63, 3.8) is 0 Å². The Kier molecular flexibility index (Phi) is 5.56. The third-order valence-electron chi connectivity index (χ3n) is 3.34. The minimum Gasteiger partial charge on any atom is -0.480 e. The molecular formula is C15H16F2N4O3. The van der Waals surface area contributed by atoms with Crippen LogP contribution in [0.1, 0.15) is 30.5 Å². The standard InChI is InChI=1S/C15H16F2N4O3/c1-9(12-3-2-10(16)5-13(12)17)4-14(22)18-6-11-7-21(20-19-11)8-15(23)24/h2-3,5,7,9H,4,6,8H2,1H3,(H,18,22)(H,23,24). The molecular weight excluding hydrogens is 322 g/mol. The number of rotatable bonds is 7. The molecule has 1 aromatic carbocycles. The number of amides is 1. The van der Waals surface area contributed by atoms with Crippen LogP contribution in [-0.4, -0.2) is 32.0 Å². The lowest BCUT2D eigenvalue weighted by Crippen LogP contribution is -2.24. The summed E-state index contributed by atoms with van der Waals surface area (Å²) < 4.78 is 27.7. The molecule has 0 bridgehead atoms. The molecule has 1 unspecified atom stereocenters. The van der Waals surface area contributed by atoms with Crippen LogP contribution in [0.25, 0.3) is 0 Å². The summed E-state index contributed by atoms with van der Waals surface area (Å²) in [6.07, 6.45) is 1.43. The van der Waals surface area contributed by atoms with Gasteiger partial charge < -0.3 is 10.4 Å². The van der Waals surface area contributed by atoms with E-state index in [1.807, 2.05) is 0 Å². The first kappa shape index (κ1) is 17.5. The highest BCUT2D eigenvalue weighted by atomic mass is 19.1. The molecule has 0 aliphatic carbocycles. The van der Waals surface area contributed by atoms with Gasteiger partial charge in [0.2, 0.25) is 5.91 Å². The number of aliphatic carboxylic acids is 1. The highest BCUT2D eigenvalue weighted by Gasteiger charge is 2.16. The van der Waals surface area contributed by atoms with Gasteiger partial charge in [-0.2, -0.15) is 0 Å². The van der Waals surface area contributed by atoms with Crippen LogP contribution in [0.2, 0.25) is 0 Å². The normalized spacial score (nSPS) is 12.0. The van der Waals surface area contributed by atoms with Gasteiger partial charge in [0.25, 0.3) is 0 Å². The zero-order valence-corrected chi connectivity index (χ0v) is 12.9. The van der Waals surface area contributed by atoms with Gasteiger partial charge in [-0.25, -0.2) is 13.5 Å². The first-order valence-electron chi connectivity index (χ1n) is 7.17. The Morgan fingerprint density at radius 2 is 2.12 bits per heavy atom. The Morgan fingerprint density at radius 1 is 1.38 bits per heavy atom. The maximum absolute atomic E-state index is 13.7. The predicted molar refractivity (Wildman–Crippen MR) is 78.9 cm³/mol. The summed E-state index contributed by atoms with van der Waals surface area (Å²) in [7, 11) is 0. The van der Waals surface area contributed by atoms with Crippen LogP contribution in [0, 0.1) is 11.6 Å². The number of carboxylic acid groups (broad SMARTS) is 1. The van der Waals surface area contributed by atoms with E-state index in [4.69, 9.17) is 5.11 Å². The minimum atomic E-state index is -1.05. The van der Waals surface area contributed by atoms with Crippen molar-refractivity contribution in [3.8, 4) is 0 Å². The van der Waals surface area contributed by atoms with E-state index >= 15 is 0 Å². The van der Waals surface area contributed by atoms with Crippen molar-refractivity contribution >= 4 is 11.9 Å². The second kappa shape index (κ2) is 7.62. The summed E-state index contributed by atoms with van der Waals surface area (Å²) in [6.45, 7) is 1.43. The van der Waals surface area contributed by atoms with E-state index in [0.29, 0.717) is 5.69 Å². The topological polar surface area (TPSA) is 97.1 Å². The Labute approximate surface area is 136 Å². The number of halogens is 2. The smallest absolute Gasteiger partial charge is 0.325 e. The van der Waals surface area contributed by atoms with E-state index < -0.39 is 23.5 Å². The quantitative estimate of drug-likeness (QED) is 0.796. The lowest BCUT2D eigenvalue weighted by Gasteiger charge is -2.12. The number of hydrogen-bond acceptors (Lipinski definition) is 4. The van der Waals surface area contributed by atoms with Gasteiger partial charge in [0.1, 0.15) is 23.9 Å². The van der Waals surface area contributed by atoms with Gasteiger partial charge >= 0.3 is 5.97 Å². The number of aromatic nitrogens is 3. The zero-order valence-electron chi connectivity index (χ0n) is 12.9. The molecule has 0 saturated carbocycles. The van der Waals surface area contributed by atoms with Crippen LogP contribution in [-0.2, 0) is 22.7 Å². The molecule has 128 valence electrons. The van der Waals surface area contributed by atoms with E-state index in [0.717, 1.165) is 16.8 Å². The van der Waals surface area contributed by atoms with Crippen LogP contribution in [0.15, 0.2) is 24.4 Å². The summed E-state index contributed by atoms with van der Waals surface area (Å²) >= 11 is 0. The van der Waals surface area contributed by atoms with Gasteiger partial charge in [0.15, 0.2) is 0 Å². The van der Waals surface area contributed by atoms with E-state index in [-0.39, 0.29) is 31.0 Å². The van der Waals surface area contributed by atoms with Crippen LogP contribution in [0.5, 0.6) is 0 Å².